The largest absolute Gasteiger partial charge is 0.457 e. The predicted octanol–water partition coefficient (Wildman–Crippen LogP) is 8.35. The molecule has 328 valence electrons. The Morgan fingerprint density at radius 3 is 1.77 bits per heavy atom. The van der Waals surface area contributed by atoms with Crippen LogP contribution in [0, 0.1) is 0 Å². The van der Waals surface area contributed by atoms with Crippen molar-refractivity contribution in [2.24, 2.45) is 0 Å². The van der Waals surface area contributed by atoms with Crippen molar-refractivity contribution in [2.75, 3.05) is 26.4 Å². The normalized spacial score (nSPS) is 21.4. The molecule has 6 unspecified atom stereocenters. The van der Waals surface area contributed by atoms with Gasteiger partial charge >= 0.3 is 16.4 Å². The second-order valence-corrected chi connectivity index (χ2v) is 15.3. The molecule has 0 aliphatic carbocycles. The highest BCUT2D eigenvalue weighted by Gasteiger charge is 2.48. The molecule has 57 heavy (non-hydrogen) atoms. The molecule has 0 aromatic heterocycles. The van der Waals surface area contributed by atoms with E-state index in [9.17, 15) is 28.5 Å². The Kier molecular flexibility index (Phi) is 32.7. The van der Waals surface area contributed by atoms with Gasteiger partial charge in [-0.3, -0.25) is 9.35 Å². The van der Waals surface area contributed by atoms with Gasteiger partial charge in [0.05, 0.1) is 19.8 Å². The van der Waals surface area contributed by atoms with Crippen LogP contribution in [-0.2, 0) is 38.3 Å². The summed E-state index contributed by atoms with van der Waals surface area (Å²) in [6.07, 6.45) is 35.3. The first-order valence-electron chi connectivity index (χ1n) is 21.2. The standard InChI is InChI=1S/C44H74O12S/c1-3-5-7-9-11-12-13-14-15-16-17-18-19-20-21-22-23-24-25-26-27-29-31-33-40(46)54-38(36-52-34-32-30-28-10-8-6-4-2)37-53-44-42(48)43(56-57(49,50)51)41(47)39(35-45)55-44/h5,7,11-12,14-15,17-18,20-21,23-24,38-39,41-45,47-48H,3-4,6,8-10,13,16,19,22,25-37H2,1-2H3,(H,49,50,51)/b7-5-,12-11-,15-14-,18-17-,21-20-,24-23-. The van der Waals surface area contributed by atoms with Crippen LogP contribution in [0.15, 0.2) is 72.9 Å². The maximum absolute atomic E-state index is 12.8. The Labute approximate surface area is 343 Å². The van der Waals surface area contributed by atoms with E-state index < -0.39 is 59.8 Å². The van der Waals surface area contributed by atoms with Crippen molar-refractivity contribution < 1.29 is 56.2 Å². The molecule has 0 radical (unpaired) electrons. The van der Waals surface area contributed by atoms with Gasteiger partial charge in [-0.05, 0) is 64.2 Å². The number of allylic oxidation sites excluding steroid dienone is 12. The van der Waals surface area contributed by atoms with E-state index in [1.54, 1.807) is 0 Å². The van der Waals surface area contributed by atoms with Crippen molar-refractivity contribution >= 4 is 16.4 Å². The Bertz CT molecular complexity index is 1280. The summed E-state index contributed by atoms with van der Waals surface area (Å²) >= 11 is 0. The molecule has 1 rings (SSSR count). The number of carbonyl (C=O) groups is 1. The third-order valence-electron chi connectivity index (χ3n) is 9.09. The summed E-state index contributed by atoms with van der Waals surface area (Å²) in [5.41, 5.74) is 0. The number of aliphatic hydroxyl groups excluding tert-OH is 3. The molecule has 0 aromatic carbocycles. The van der Waals surface area contributed by atoms with Gasteiger partial charge in [-0.1, -0.05) is 138 Å². The van der Waals surface area contributed by atoms with Gasteiger partial charge in [-0.25, -0.2) is 4.18 Å². The van der Waals surface area contributed by atoms with Gasteiger partial charge in [-0.15, -0.1) is 0 Å². The Morgan fingerprint density at radius 2 is 1.21 bits per heavy atom. The van der Waals surface area contributed by atoms with Gasteiger partial charge in [0.15, 0.2) is 6.29 Å². The molecular weight excluding hydrogens is 753 g/mol. The van der Waals surface area contributed by atoms with Crippen LogP contribution < -0.4 is 0 Å². The highest BCUT2D eigenvalue weighted by Crippen LogP contribution is 2.26. The van der Waals surface area contributed by atoms with E-state index in [2.05, 4.69) is 90.9 Å². The summed E-state index contributed by atoms with van der Waals surface area (Å²) in [7, 11) is -5.06. The first-order valence-corrected chi connectivity index (χ1v) is 22.6. The number of hydrogen-bond donors (Lipinski definition) is 4. The lowest BCUT2D eigenvalue weighted by atomic mass is 9.99. The number of ether oxygens (including phenoxy) is 4. The number of hydrogen-bond acceptors (Lipinski definition) is 11. The summed E-state index contributed by atoms with van der Waals surface area (Å²) in [5.74, 6) is -0.429. The highest BCUT2D eigenvalue weighted by molar-refractivity contribution is 7.80. The van der Waals surface area contributed by atoms with Gasteiger partial charge in [-0.2, -0.15) is 8.42 Å². The predicted molar refractivity (Wildman–Crippen MR) is 225 cm³/mol. The topological polar surface area (TPSA) is 178 Å². The Morgan fingerprint density at radius 1 is 0.684 bits per heavy atom. The summed E-state index contributed by atoms with van der Waals surface area (Å²) < 4.78 is 58.7. The SMILES string of the molecule is CC/C=C\C/C=C\C/C=C\C/C=C\C/C=C\C/C=C\CCCCCCC(=O)OC(COCCCCCCCCC)COC1OC(CO)C(O)C(OS(=O)(=O)O)C1O. The van der Waals surface area contributed by atoms with Gasteiger partial charge < -0.3 is 34.3 Å². The summed E-state index contributed by atoms with van der Waals surface area (Å²) in [6, 6.07) is 0. The zero-order valence-electron chi connectivity index (χ0n) is 34.6. The average molecular weight is 827 g/mol. The second-order valence-electron chi connectivity index (χ2n) is 14.2. The number of aliphatic hydroxyl groups is 3. The minimum atomic E-state index is -5.06. The third-order valence-corrected chi connectivity index (χ3v) is 9.56. The molecule has 0 aromatic rings. The van der Waals surface area contributed by atoms with Crippen molar-refractivity contribution in [1.29, 1.82) is 0 Å². The van der Waals surface area contributed by atoms with Crippen LogP contribution in [0.1, 0.15) is 136 Å². The van der Waals surface area contributed by atoms with Crippen LogP contribution in [0.25, 0.3) is 0 Å². The molecule has 1 saturated heterocycles. The molecule has 4 N–H and O–H groups in total. The lowest BCUT2D eigenvalue weighted by Crippen LogP contribution is -2.60. The second kappa shape index (κ2) is 35.5. The minimum absolute atomic E-state index is 0.0212. The number of carbonyl (C=O) groups excluding carboxylic acids is 1. The summed E-state index contributed by atoms with van der Waals surface area (Å²) in [5, 5.41) is 30.5. The van der Waals surface area contributed by atoms with Crippen LogP contribution in [0.2, 0.25) is 0 Å². The lowest BCUT2D eigenvalue weighted by molar-refractivity contribution is -0.301. The van der Waals surface area contributed by atoms with Crippen LogP contribution >= 0.6 is 0 Å². The van der Waals surface area contributed by atoms with E-state index in [1.807, 2.05) is 0 Å². The molecule has 1 fully saturated rings. The molecule has 6 atom stereocenters. The molecule has 0 saturated carbocycles. The van der Waals surface area contributed by atoms with Crippen molar-refractivity contribution in [3.63, 3.8) is 0 Å². The molecule has 1 aliphatic rings. The van der Waals surface area contributed by atoms with Crippen LogP contribution in [-0.4, -0.2) is 97.5 Å². The first kappa shape index (κ1) is 52.6. The van der Waals surface area contributed by atoms with E-state index in [4.69, 9.17) is 23.5 Å². The molecule has 1 aliphatic heterocycles. The fourth-order valence-electron chi connectivity index (χ4n) is 5.91. The van der Waals surface area contributed by atoms with Gasteiger partial charge in [0.2, 0.25) is 0 Å². The molecular formula is C44H74O12S. The van der Waals surface area contributed by atoms with Gasteiger partial charge in [0, 0.05) is 13.0 Å². The van der Waals surface area contributed by atoms with Crippen molar-refractivity contribution in [3.05, 3.63) is 72.9 Å². The maximum atomic E-state index is 12.8. The number of esters is 1. The Hall–Kier alpha value is -2.46. The highest BCUT2D eigenvalue weighted by atomic mass is 32.3. The zero-order chi connectivity index (χ0) is 41.8. The molecule has 1 heterocycles. The zero-order valence-corrected chi connectivity index (χ0v) is 35.4. The van der Waals surface area contributed by atoms with Gasteiger partial charge in [0.1, 0.15) is 30.5 Å². The van der Waals surface area contributed by atoms with Crippen molar-refractivity contribution in [2.45, 2.75) is 173 Å². The summed E-state index contributed by atoms with van der Waals surface area (Å²) in [4.78, 5) is 12.8. The Balaban J connectivity index is 2.40. The number of unbranched alkanes of at least 4 members (excludes halogenated alkanes) is 10. The van der Waals surface area contributed by atoms with E-state index in [0.717, 1.165) is 83.5 Å². The van der Waals surface area contributed by atoms with Crippen LogP contribution in [0.4, 0.5) is 0 Å². The summed E-state index contributed by atoms with van der Waals surface area (Å²) in [6.45, 7) is 3.77. The van der Waals surface area contributed by atoms with Crippen LogP contribution in [0.5, 0.6) is 0 Å². The number of rotatable bonds is 35. The van der Waals surface area contributed by atoms with Crippen molar-refractivity contribution in [1.82, 2.24) is 0 Å². The lowest BCUT2D eigenvalue weighted by Gasteiger charge is -2.41. The first-order chi connectivity index (χ1) is 27.6. The molecule has 12 nitrogen and oxygen atoms in total. The van der Waals surface area contributed by atoms with E-state index in [1.165, 1.54) is 25.7 Å². The fourth-order valence-corrected chi connectivity index (χ4v) is 6.42. The smallest absolute Gasteiger partial charge is 0.397 e. The maximum Gasteiger partial charge on any atom is 0.397 e. The monoisotopic (exact) mass is 826 g/mol. The van der Waals surface area contributed by atoms with E-state index >= 15 is 0 Å². The third kappa shape index (κ3) is 29.4. The van der Waals surface area contributed by atoms with E-state index in [0.29, 0.717) is 13.0 Å². The fraction of sp³-hybridized carbons (Fsp3) is 0.705. The average Bonchev–Trinajstić information content (AvgIpc) is 3.18. The van der Waals surface area contributed by atoms with Gasteiger partial charge in [0.25, 0.3) is 0 Å². The van der Waals surface area contributed by atoms with Crippen molar-refractivity contribution in [3.8, 4) is 0 Å². The van der Waals surface area contributed by atoms with E-state index in [-0.39, 0.29) is 19.6 Å². The minimum Gasteiger partial charge on any atom is -0.457 e. The van der Waals surface area contributed by atoms with Crippen LogP contribution in [0.3, 0.4) is 0 Å². The molecule has 0 bridgehead atoms. The molecule has 0 spiro atoms. The molecule has 13 heteroatoms. The quantitative estimate of drug-likeness (QED) is 0.0208. The molecule has 0 amide bonds.